The first kappa shape index (κ1) is 16.3. The third kappa shape index (κ3) is 4.91. The van der Waals surface area contributed by atoms with Crippen LogP contribution in [0.3, 0.4) is 0 Å². The van der Waals surface area contributed by atoms with Crippen molar-refractivity contribution in [2.45, 2.75) is 58.3 Å². The van der Waals surface area contributed by atoms with Crippen molar-refractivity contribution < 1.29 is 20.4 Å². The summed E-state index contributed by atoms with van der Waals surface area (Å²) in [5.41, 5.74) is -0.961. The van der Waals surface area contributed by atoms with Crippen molar-refractivity contribution in [3.8, 4) is 0 Å². The van der Waals surface area contributed by atoms with Crippen LogP contribution in [0.5, 0.6) is 0 Å². The lowest BCUT2D eigenvalue weighted by molar-refractivity contribution is -0.175. The predicted octanol–water partition coefficient (Wildman–Crippen LogP) is 0.499. The Bertz CT molecular complexity index is 136. The van der Waals surface area contributed by atoms with Crippen molar-refractivity contribution in [1.29, 1.82) is 0 Å². The van der Waals surface area contributed by atoms with Crippen LogP contribution in [-0.2, 0) is 4.74 Å². The minimum Gasteiger partial charge on any atom is -0.412 e. The quantitative estimate of drug-likeness (QED) is 0.608. The Morgan fingerprint density at radius 3 is 2.14 bits per heavy atom. The van der Waals surface area contributed by atoms with Crippen molar-refractivity contribution >= 4 is 0 Å². The molecule has 0 aromatic heterocycles. The van der Waals surface area contributed by atoms with E-state index in [1.807, 2.05) is 0 Å². The smallest absolute Gasteiger partial charge is 0.108 e. The average Bonchev–Trinajstić information content (AvgIpc) is 2.01. The number of hydrogen-bond acceptors (Lipinski definition) is 3. The number of aliphatic hydroxyl groups is 2. The van der Waals surface area contributed by atoms with E-state index in [0.29, 0.717) is 13.0 Å². The van der Waals surface area contributed by atoms with Crippen molar-refractivity contribution in [1.82, 2.24) is 0 Å². The van der Waals surface area contributed by atoms with E-state index in [1.54, 1.807) is 13.8 Å². The molecule has 1 fully saturated rings. The van der Waals surface area contributed by atoms with E-state index in [1.165, 1.54) is 6.42 Å². The van der Waals surface area contributed by atoms with Crippen molar-refractivity contribution in [3.05, 3.63) is 0 Å². The maximum atomic E-state index is 9.48. The van der Waals surface area contributed by atoms with Gasteiger partial charge in [-0.15, -0.1) is 0 Å². The molecule has 0 amide bonds. The summed E-state index contributed by atoms with van der Waals surface area (Å²) in [7, 11) is 0. The SMILES string of the molecule is CCC.C[C@@H]1OCC[C@@](C)(O)[C@H]1O.O. The Balaban J connectivity index is 0. The van der Waals surface area contributed by atoms with Gasteiger partial charge in [-0.3, -0.25) is 0 Å². The van der Waals surface area contributed by atoms with Crippen LogP contribution in [0.1, 0.15) is 40.5 Å². The Morgan fingerprint density at radius 1 is 1.43 bits per heavy atom. The molecule has 4 heteroatoms. The normalized spacial score (nSPS) is 36.4. The van der Waals surface area contributed by atoms with Gasteiger partial charge in [0, 0.05) is 13.0 Å². The molecule has 1 saturated heterocycles. The number of ether oxygens (including phenoxy) is 1. The first-order chi connectivity index (χ1) is 5.95. The third-order valence-electron chi connectivity index (χ3n) is 2.07. The lowest BCUT2D eigenvalue weighted by atomic mass is 9.90. The van der Waals surface area contributed by atoms with Gasteiger partial charge in [0.15, 0.2) is 0 Å². The summed E-state index contributed by atoms with van der Waals surface area (Å²) in [6, 6.07) is 0. The van der Waals surface area contributed by atoms with Crippen molar-refractivity contribution in [2.24, 2.45) is 0 Å². The molecule has 0 bridgehead atoms. The minimum atomic E-state index is -0.961. The molecule has 0 radical (unpaired) electrons. The Kier molecular flexibility index (Phi) is 8.34. The first-order valence-electron chi connectivity index (χ1n) is 4.97. The average molecular weight is 208 g/mol. The molecule has 0 saturated carbocycles. The van der Waals surface area contributed by atoms with E-state index in [4.69, 9.17) is 4.74 Å². The van der Waals surface area contributed by atoms with Crippen LogP contribution < -0.4 is 0 Å². The summed E-state index contributed by atoms with van der Waals surface area (Å²) in [6.45, 7) is 8.18. The van der Waals surface area contributed by atoms with E-state index >= 15 is 0 Å². The molecule has 14 heavy (non-hydrogen) atoms. The highest BCUT2D eigenvalue weighted by Gasteiger charge is 2.38. The highest BCUT2D eigenvalue weighted by atomic mass is 16.5. The Labute approximate surface area is 86.2 Å². The van der Waals surface area contributed by atoms with Gasteiger partial charge in [-0.1, -0.05) is 20.3 Å². The van der Waals surface area contributed by atoms with Gasteiger partial charge in [0.05, 0.1) is 11.7 Å². The lowest BCUT2D eigenvalue weighted by Crippen LogP contribution is -2.51. The molecule has 1 rings (SSSR count). The summed E-state index contributed by atoms with van der Waals surface area (Å²) in [4.78, 5) is 0. The highest BCUT2D eigenvalue weighted by molar-refractivity contribution is 4.88. The molecule has 88 valence electrons. The fraction of sp³-hybridized carbons (Fsp3) is 1.00. The van der Waals surface area contributed by atoms with Gasteiger partial charge in [0.25, 0.3) is 0 Å². The third-order valence-corrected chi connectivity index (χ3v) is 2.07. The van der Waals surface area contributed by atoms with Crippen molar-refractivity contribution in [2.75, 3.05) is 6.61 Å². The molecule has 0 unspecified atom stereocenters. The monoisotopic (exact) mass is 208 g/mol. The number of aliphatic hydroxyl groups excluding tert-OH is 1. The van der Waals surface area contributed by atoms with Gasteiger partial charge < -0.3 is 20.4 Å². The summed E-state index contributed by atoms with van der Waals surface area (Å²) < 4.78 is 5.12. The topological polar surface area (TPSA) is 81.2 Å². The van der Waals surface area contributed by atoms with E-state index in [9.17, 15) is 10.2 Å². The zero-order valence-electron chi connectivity index (χ0n) is 9.58. The second-order valence-corrected chi connectivity index (χ2v) is 3.84. The molecular formula is C10H24O4. The largest absolute Gasteiger partial charge is 0.412 e. The molecule has 0 aliphatic carbocycles. The van der Waals surface area contributed by atoms with E-state index in [2.05, 4.69) is 13.8 Å². The minimum absolute atomic E-state index is 0. The van der Waals surface area contributed by atoms with Gasteiger partial charge in [0.2, 0.25) is 0 Å². The molecule has 0 aromatic carbocycles. The molecule has 1 aliphatic rings. The van der Waals surface area contributed by atoms with Gasteiger partial charge in [-0.2, -0.15) is 0 Å². The first-order valence-corrected chi connectivity index (χ1v) is 4.97. The van der Waals surface area contributed by atoms with Crippen LogP contribution in [0.25, 0.3) is 0 Å². The standard InChI is InChI=1S/C7H14O3.C3H8.H2O/c1-5-6(8)7(2,9)3-4-10-5;1-3-2;/h5-6,8-9H,3-4H2,1-2H3;3H2,1-2H3;1H2/t5-,6-,7+;;/m0../s1. The molecular weight excluding hydrogens is 184 g/mol. The van der Waals surface area contributed by atoms with E-state index in [0.717, 1.165) is 0 Å². The van der Waals surface area contributed by atoms with Crippen LogP contribution in [0.4, 0.5) is 0 Å². The van der Waals surface area contributed by atoms with Crippen LogP contribution >= 0.6 is 0 Å². The summed E-state index contributed by atoms with van der Waals surface area (Å²) in [6.07, 6.45) is 0.767. The van der Waals surface area contributed by atoms with Crippen molar-refractivity contribution in [3.63, 3.8) is 0 Å². The fourth-order valence-corrected chi connectivity index (χ4v) is 1.20. The van der Waals surface area contributed by atoms with Gasteiger partial charge in [0.1, 0.15) is 6.10 Å². The maximum Gasteiger partial charge on any atom is 0.108 e. The zero-order valence-corrected chi connectivity index (χ0v) is 9.58. The molecule has 1 aliphatic heterocycles. The van der Waals surface area contributed by atoms with E-state index < -0.39 is 11.7 Å². The summed E-state index contributed by atoms with van der Waals surface area (Å²) in [5.74, 6) is 0. The van der Waals surface area contributed by atoms with E-state index in [-0.39, 0.29) is 11.6 Å². The molecule has 0 aromatic rings. The van der Waals surface area contributed by atoms with Gasteiger partial charge in [-0.25, -0.2) is 0 Å². The lowest BCUT2D eigenvalue weighted by Gasteiger charge is -2.37. The molecule has 3 atom stereocenters. The Hall–Kier alpha value is -0.160. The molecule has 4 nitrogen and oxygen atoms in total. The second-order valence-electron chi connectivity index (χ2n) is 3.84. The highest BCUT2D eigenvalue weighted by Crippen LogP contribution is 2.24. The summed E-state index contributed by atoms with van der Waals surface area (Å²) >= 11 is 0. The van der Waals surface area contributed by atoms with Gasteiger partial charge >= 0.3 is 0 Å². The fourth-order valence-electron chi connectivity index (χ4n) is 1.20. The van der Waals surface area contributed by atoms with Crippen LogP contribution in [0.15, 0.2) is 0 Å². The Morgan fingerprint density at radius 2 is 1.86 bits per heavy atom. The molecule has 4 N–H and O–H groups in total. The van der Waals surface area contributed by atoms with Crippen LogP contribution in [0, 0.1) is 0 Å². The molecule has 1 heterocycles. The zero-order chi connectivity index (χ0) is 10.5. The number of hydrogen-bond donors (Lipinski definition) is 2. The second kappa shape index (κ2) is 7.17. The van der Waals surface area contributed by atoms with Gasteiger partial charge in [-0.05, 0) is 13.8 Å². The number of rotatable bonds is 0. The predicted molar refractivity (Wildman–Crippen MR) is 56.2 cm³/mol. The van der Waals surface area contributed by atoms with Crippen LogP contribution in [0.2, 0.25) is 0 Å². The maximum absolute atomic E-state index is 9.48. The van der Waals surface area contributed by atoms with Crippen LogP contribution in [-0.4, -0.2) is 40.1 Å². The summed E-state index contributed by atoms with van der Waals surface area (Å²) in [5, 5.41) is 18.8. The molecule has 0 spiro atoms.